The second-order valence-electron chi connectivity index (χ2n) is 8.80. The van der Waals surface area contributed by atoms with Crippen LogP contribution >= 0.6 is 46.4 Å². The van der Waals surface area contributed by atoms with Gasteiger partial charge in [0, 0.05) is 24.7 Å². The highest BCUT2D eigenvalue weighted by molar-refractivity contribution is 6.56. The zero-order valence-electron chi connectivity index (χ0n) is 19.8. The fourth-order valence-electron chi connectivity index (χ4n) is 4.50. The zero-order chi connectivity index (χ0) is 27.3. The summed E-state index contributed by atoms with van der Waals surface area (Å²) in [6, 6.07) is 13.5. The summed E-state index contributed by atoms with van der Waals surface area (Å²) in [5.74, 6) is -2.86. The van der Waals surface area contributed by atoms with E-state index in [1.807, 2.05) is 31.2 Å². The Kier molecular flexibility index (Phi) is 7.13. The van der Waals surface area contributed by atoms with Crippen LogP contribution in [-0.2, 0) is 16.0 Å². The number of hydrogen-bond acceptors (Lipinski definition) is 5. The molecule has 1 atom stereocenters. The van der Waals surface area contributed by atoms with Crippen LogP contribution in [0.15, 0.2) is 48.5 Å². The van der Waals surface area contributed by atoms with E-state index < -0.39 is 23.7 Å². The molecule has 38 heavy (non-hydrogen) atoms. The molecule has 11 heteroatoms. The largest absolute Gasteiger partial charge is 0.426 e. The molecule has 0 aromatic heterocycles. The second-order valence-corrected chi connectivity index (χ2v) is 10.3. The van der Waals surface area contributed by atoms with E-state index in [0.29, 0.717) is 5.69 Å². The number of benzene rings is 3. The zero-order valence-corrected chi connectivity index (χ0v) is 22.8. The maximum absolute atomic E-state index is 13.1. The van der Waals surface area contributed by atoms with Crippen molar-refractivity contribution in [1.29, 1.82) is 0 Å². The van der Waals surface area contributed by atoms with Crippen molar-refractivity contribution >= 4 is 81.5 Å². The van der Waals surface area contributed by atoms with Crippen molar-refractivity contribution < 1.29 is 23.9 Å². The first-order chi connectivity index (χ1) is 18.1. The van der Waals surface area contributed by atoms with Gasteiger partial charge in [0.2, 0.25) is 5.91 Å². The van der Waals surface area contributed by atoms with Gasteiger partial charge in [-0.05, 0) is 36.2 Å². The van der Waals surface area contributed by atoms with Crippen molar-refractivity contribution in [1.82, 2.24) is 0 Å². The molecule has 2 aliphatic rings. The van der Waals surface area contributed by atoms with Gasteiger partial charge < -0.3 is 9.64 Å². The van der Waals surface area contributed by atoms with Crippen LogP contribution < -0.4 is 14.5 Å². The first-order valence-corrected chi connectivity index (χ1v) is 13.1. The summed E-state index contributed by atoms with van der Waals surface area (Å²) in [4.78, 5) is 54.2. The fourth-order valence-corrected chi connectivity index (χ4v) is 5.51. The minimum atomic E-state index is -0.745. The number of fused-ring (bicyclic) bond motifs is 1. The Hall–Kier alpha value is -3.10. The molecule has 0 spiro atoms. The molecule has 2 aliphatic heterocycles. The third-order valence-corrected chi connectivity index (χ3v) is 8.31. The lowest BCUT2D eigenvalue weighted by Crippen LogP contribution is -2.29. The van der Waals surface area contributed by atoms with Crippen molar-refractivity contribution in [3.8, 4) is 5.75 Å². The van der Waals surface area contributed by atoms with Crippen LogP contribution in [0.25, 0.3) is 0 Å². The molecule has 1 fully saturated rings. The number of imide groups is 1. The van der Waals surface area contributed by atoms with Gasteiger partial charge in [0.25, 0.3) is 11.8 Å². The van der Waals surface area contributed by atoms with Crippen LogP contribution in [0.1, 0.15) is 39.6 Å². The number of halogens is 4. The Morgan fingerprint density at radius 3 is 2.05 bits per heavy atom. The van der Waals surface area contributed by atoms with Crippen molar-refractivity contribution in [3.05, 3.63) is 85.3 Å². The number of esters is 1. The van der Waals surface area contributed by atoms with Crippen LogP contribution in [0.5, 0.6) is 5.75 Å². The third-order valence-electron chi connectivity index (χ3n) is 6.51. The number of carbonyl (C=O) groups excluding carboxylic acids is 4. The minimum Gasteiger partial charge on any atom is -0.426 e. The van der Waals surface area contributed by atoms with Crippen LogP contribution in [0.3, 0.4) is 0 Å². The molecule has 3 aromatic rings. The number of ether oxygens (including phenoxy) is 1. The van der Waals surface area contributed by atoms with Crippen LogP contribution in [0.2, 0.25) is 20.1 Å². The summed E-state index contributed by atoms with van der Waals surface area (Å²) in [5.41, 5.74) is 1.67. The quantitative estimate of drug-likeness (QED) is 0.109. The predicted octanol–water partition coefficient (Wildman–Crippen LogP) is 6.62. The lowest BCUT2D eigenvalue weighted by Gasteiger charge is -2.17. The van der Waals surface area contributed by atoms with Crippen LogP contribution in [0, 0.1) is 5.92 Å². The highest BCUT2D eigenvalue weighted by Gasteiger charge is 2.43. The van der Waals surface area contributed by atoms with Crippen LogP contribution in [0.4, 0.5) is 11.4 Å². The number of amides is 3. The second kappa shape index (κ2) is 10.2. The van der Waals surface area contributed by atoms with E-state index in [4.69, 9.17) is 51.1 Å². The Balaban J connectivity index is 1.35. The number of aryl methyl sites for hydroxylation is 1. The molecule has 194 valence electrons. The molecule has 3 aromatic carbocycles. The standard InChI is InChI=1S/C27H18Cl4N2O5/c1-2-13-6-8-15(9-7-13)32-12-14(10-18(32)34)27(37)38-17-5-3-4-16(11-17)33-25(35)19-20(26(33)36)22(29)24(31)23(30)21(19)28/h3-9,11,14H,2,10,12H2,1H3/t14-/m0/s1. The normalized spacial score (nSPS) is 16.9. The van der Waals surface area contributed by atoms with E-state index in [-0.39, 0.29) is 61.5 Å². The molecule has 7 nitrogen and oxygen atoms in total. The summed E-state index contributed by atoms with van der Waals surface area (Å²) in [6.07, 6.45) is 0.884. The first-order valence-electron chi connectivity index (χ1n) is 11.6. The Labute approximate surface area is 237 Å². The van der Waals surface area contributed by atoms with Crippen molar-refractivity contribution in [2.45, 2.75) is 19.8 Å². The average molecular weight is 592 g/mol. The average Bonchev–Trinajstić information content (AvgIpc) is 3.43. The van der Waals surface area contributed by atoms with E-state index >= 15 is 0 Å². The maximum atomic E-state index is 13.1. The van der Waals surface area contributed by atoms with Gasteiger partial charge in [-0.1, -0.05) is 71.5 Å². The van der Waals surface area contributed by atoms with Gasteiger partial charge in [-0.2, -0.15) is 0 Å². The lowest BCUT2D eigenvalue weighted by atomic mass is 10.1. The highest BCUT2D eigenvalue weighted by atomic mass is 35.5. The molecule has 0 saturated carbocycles. The predicted molar refractivity (Wildman–Crippen MR) is 146 cm³/mol. The summed E-state index contributed by atoms with van der Waals surface area (Å²) in [7, 11) is 0. The minimum absolute atomic E-state index is 0.00494. The fraction of sp³-hybridized carbons (Fsp3) is 0.185. The first kappa shape index (κ1) is 26.5. The molecule has 2 heterocycles. The van der Waals surface area contributed by atoms with E-state index in [1.54, 1.807) is 4.90 Å². The number of rotatable bonds is 5. The molecule has 1 saturated heterocycles. The van der Waals surface area contributed by atoms with E-state index in [9.17, 15) is 19.2 Å². The van der Waals surface area contributed by atoms with Gasteiger partial charge in [0.1, 0.15) is 5.75 Å². The van der Waals surface area contributed by atoms with E-state index in [2.05, 4.69) is 0 Å². The van der Waals surface area contributed by atoms with Gasteiger partial charge in [0.05, 0.1) is 42.8 Å². The summed E-state index contributed by atoms with van der Waals surface area (Å²) in [5, 5.41) is -0.632. The van der Waals surface area contributed by atoms with Crippen LogP contribution in [-0.4, -0.2) is 30.2 Å². The summed E-state index contributed by atoms with van der Waals surface area (Å²) >= 11 is 24.6. The van der Waals surface area contributed by atoms with Gasteiger partial charge in [0.15, 0.2) is 0 Å². The highest BCUT2D eigenvalue weighted by Crippen LogP contribution is 2.46. The van der Waals surface area contributed by atoms with Gasteiger partial charge in [-0.3, -0.25) is 19.2 Å². The molecule has 0 unspecified atom stereocenters. The van der Waals surface area contributed by atoms with E-state index in [1.165, 1.54) is 24.3 Å². The molecule has 5 rings (SSSR count). The number of nitrogens with zero attached hydrogens (tertiary/aromatic N) is 2. The Bertz CT molecular complexity index is 1480. The maximum Gasteiger partial charge on any atom is 0.316 e. The molecule has 0 N–H and O–H groups in total. The van der Waals surface area contributed by atoms with Gasteiger partial charge >= 0.3 is 5.97 Å². The number of anilines is 2. The third kappa shape index (κ3) is 4.43. The van der Waals surface area contributed by atoms with Crippen molar-refractivity contribution in [3.63, 3.8) is 0 Å². The summed E-state index contributed by atoms with van der Waals surface area (Å²) < 4.78 is 5.54. The molecule has 0 radical (unpaired) electrons. The molecule has 0 bridgehead atoms. The summed E-state index contributed by atoms with van der Waals surface area (Å²) in [6.45, 7) is 2.22. The van der Waals surface area contributed by atoms with Gasteiger partial charge in [-0.15, -0.1) is 0 Å². The van der Waals surface area contributed by atoms with Crippen molar-refractivity contribution in [2.24, 2.45) is 5.92 Å². The SMILES string of the molecule is CCc1ccc(N2C[C@@H](C(=O)Oc3cccc(N4C(=O)c5c(Cl)c(Cl)c(Cl)c(Cl)c5C4=O)c3)CC2=O)cc1. The van der Waals surface area contributed by atoms with E-state index in [0.717, 1.165) is 16.9 Å². The smallest absolute Gasteiger partial charge is 0.316 e. The topological polar surface area (TPSA) is 84.0 Å². The molecular formula is C27H18Cl4N2O5. The lowest BCUT2D eigenvalue weighted by molar-refractivity contribution is -0.139. The molecule has 3 amide bonds. The Morgan fingerprint density at radius 1 is 0.868 bits per heavy atom. The number of carbonyl (C=O) groups is 4. The number of hydrogen-bond donors (Lipinski definition) is 0. The van der Waals surface area contributed by atoms with Crippen molar-refractivity contribution in [2.75, 3.05) is 16.3 Å². The monoisotopic (exact) mass is 590 g/mol. The Morgan fingerprint density at radius 2 is 1.47 bits per heavy atom. The molecule has 0 aliphatic carbocycles. The molecular weight excluding hydrogens is 574 g/mol. The van der Waals surface area contributed by atoms with Gasteiger partial charge in [-0.25, -0.2) is 4.90 Å².